The van der Waals surface area contributed by atoms with Crippen LogP contribution < -0.4 is 5.73 Å². The van der Waals surface area contributed by atoms with Crippen molar-refractivity contribution in [2.45, 2.75) is 37.8 Å². The zero-order chi connectivity index (χ0) is 24.2. The number of halogens is 5. The van der Waals surface area contributed by atoms with Gasteiger partial charge >= 0.3 is 5.92 Å². The molecule has 2 aromatic carbocycles. The van der Waals surface area contributed by atoms with Crippen molar-refractivity contribution in [1.29, 1.82) is 0 Å². The normalized spacial score (nSPS) is 22.0. The van der Waals surface area contributed by atoms with Crippen LogP contribution in [0.4, 0.5) is 22.0 Å². The topological polar surface area (TPSA) is 65.4 Å². The Morgan fingerprint density at radius 1 is 1.00 bits per heavy atom. The summed E-state index contributed by atoms with van der Waals surface area (Å²) < 4.78 is 80.8. The van der Waals surface area contributed by atoms with Crippen LogP contribution in [0.2, 0.25) is 0 Å². The average molecular weight is 464 g/mol. The van der Waals surface area contributed by atoms with Gasteiger partial charge in [-0.15, -0.1) is 0 Å². The summed E-state index contributed by atoms with van der Waals surface area (Å²) in [6, 6.07) is 6.91. The van der Waals surface area contributed by atoms with Gasteiger partial charge in [0.15, 0.2) is 5.54 Å². The Balaban J connectivity index is 1.86. The smallest absolute Gasteiger partial charge is 0.304 e. The molecule has 0 aliphatic carbocycles. The molecule has 33 heavy (non-hydrogen) atoms. The van der Waals surface area contributed by atoms with Gasteiger partial charge < -0.3 is 10.5 Å². The number of aliphatic imine (C=N–C) groups is 1. The fourth-order valence-corrected chi connectivity index (χ4v) is 3.89. The number of rotatable bonds is 3. The highest BCUT2D eigenvalue weighted by molar-refractivity contribution is 5.82. The van der Waals surface area contributed by atoms with Crippen molar-refractivity contribution in [2.75, 3.05) is 6.61 Å². The molecule has 0 fully saturated rings. The van der Waals surface area contributed by atoms with Crippen LogP contribution >= 0.6 is 0 Å². The van der Waals surface area contributed by atoms with E-state index in [0.29, 0.717) is 11.8 Å². The van der Waals surface area contributed by atoms with Crippen LogP contribution in [0.15, 0.2) is 53.8 Å². The molecule has 174 valence electrons. The minimum absolute atomic E-state index is 0.159. The number of alkyl halides is 2. The quantitative estimate of drug-likeness (QED) is 0.557. The van der Waals surface area contributed by atoms with Gasteiger partial charge in [-0.1, -0.05) is 0 Å². The summed E-state index contributed by atoms with van der Waals surface area (Å²) in [4.78, 5) is 3.91. The summed E-state index contributed by atoms with van der Waals surface area (Å²) in [5, 5.41) is 4.11. The Hall–Kier alpha value is -3.27. The van der Waals surface area contributed by atoms with Crippen LogP contribution in [0, 0.1) is 17.5 Å². The lowest BCUT2D eigenvalue weighted by Crippen LogP contribution is -2.56. The molecule has 5 nitrogen and oxygen atoms in total. The molecule has 0 unspecified atom stereocenters. The SMILES string of the molecule is CC1(C)OCC(N)=N[C@](C)(c2cc(-c3cnn(-c4ccc(F)cc4)c3)c(F)cc2F)C1(F)F. The van der Waals surface area contributed by atoms with Crippen LogP contribution in [-0.4, -0.2) is 33.7 Å². The fraction of sp³-hybridized carbons (Fsp3) is 0.304. The predicted molar refractivity (Wildman–Crippen MR) is 113 cm³/mol. The maximum Gasteiger partial charge on any atom is 0.304 e. The largest absolute Gasteiger partial charge is 0.385 e. The highest BCUT2D eigenvalue weighted by Gasteiger charge is 2.64. The highest BCUT2D eigenvalue weighted by Crippen LogP contribution is 2.51. The van der Waals surface area contributed by atoms with Crippen molar-refractivity contribution >= 4 is 5.84 Å². The molecule has 0 saturated heterocycles. The molecule has 2 N–H and O–H groups in total. The van der Waals surface area contributed by atoms with Gasteiger partial charge in [0.1, 0.15) is 35.5 Å². The van der Waals surface area contributed by atoms with E-state index >= 15 is 8.78 Å². The molecule has 1 aliphatic rings. The van der Waals surface area contributed by atoms with E-state index in [1.54, 1.807) is 0 Å². The summed E-state index contributed by atoms with van der Waals surface area (Å²) in [6.07, 6.45) is 2.72. The van der Waals surface area contributed by atoms with Gasteiger partial charge in [-0.3, -0.25) is 4.99 Å². The standard InChI is InChI=1S/C23H21F5N4O/c1-21(2)23(27,28)22(3,31-20(29)12-33-21)17-8-16(18(25)9-19(17)26)13-10-30-32(11-13)15-6-4-14(24)5-7-15/h4-11H,12H2,1-3H3,(H2,29,31)/t22-/m1/s1. The van der Waals surface area contributed by atoms with Crippen LogP contribution in [0.5, 0.6) is 0 Å². The first-order chi connectivity index (χ1) is 15.4. The Labute approximate surface area is 186 Å². The van der Waals surface area contributed by atoms with E-state index < -0.39 is 40.1 Å². The summed E-state index contributed by atoms with van der Waals surface area (Å²) >= 11 is 0. The first-order valence-electron chi connectivity index (χ1n) is 10.0. The van der Waals surface area contributed by atoms with Gasteiger partial charge in [0, 0.05) is 29.0 Å². The number of benzene rings is 2. The molecule has 1 aliphatic heterocycles. The van der Waals surface area contributed by atoms with Crippen LogP contribution in [-0.2, 0) is 10.3 Å². The fourth-order valence-electron chi connectivity index (χ4n) is 3.89. The highest BCUT2D eigenvalue weighted by atomic mass is 19.3. The minimum atomic E-state index is -3.71. The zero-order valence-electron chi connectivity index (χ0n) is 18.0. The van der Waals surface area contributed by atoms with Gasteiger partial charge in [-0.25, -0.2) is 26.6 Å². The van der Waals surface area contributed by atoms with Gasteiger partial charge in [-0.2, -0.15) is 5.10 Å². The molecule has 1 atom stereocenters. The Morgan fingerprint density at radius 3 is 2.33 bits per heavy atom. The lowest BCUT2D eigenvalue weighted by Gasteiger charge is -2.42. The van der Waals surface area contributed by atoms with Gasteiger partial charge in [-0.05, 0) is 51.1 Å². The number of aromatic nitrogens is 2. The minimum Gasteiger partial charge on any atom is -0.385 e. The molecular weight excluding hydrogens is 443 g/mol. The van der Waals surface area contributed by atoms with Gasteiger partial charge in [0.05, 0.1) is 11.9 Å². The monoisotopic (exact) mass is 464 g/mol. The number of nitrogens with two attached hydrogens (primary N) is 1. The molecule has 3 aromatic rings. The molecule has 10 heteroatoms. The Kier molecular flexibility index (Phi) is 5.31. The van der Waals surface area contributed by atoms with Crippen molar-refractivity contribution in [3.05, 3.63) is 71.8 Å². The first-order valence-corrected chi connectivity index (χ1v) is 10.0. The van der Waals surface area contributed by atoms with E-state index in [0.717, 1.165) is 26.8 Å². The van der Waals surface area contributed by atoms with E-state index in [2.05, 4.69) is 10.1 Å². The maximum absolute atomic E-state index is 15.6. The van der Waals surface area contributed by atoms with E-state index in [4.69, 9.17) is 10.5 Å². The maximum atomic E-state index is 15.6. The van der Waals surface area contributed by atoms with Crippen LogP contribution in [0.3, 0.4) is 0 Å². The molecule has 0 amide bonds. The molecule has 0 spiro atoms. The van der Waals surface area contributed by atoms with E-state index in [1.807, 2.05) is 0 Å². The third kappa shape index (κ3) is 3.68. The molecule has 4 rings (SSSR count). The summed E-state index contributed by atoms with van der Waals surface area (Å²) in [5.74, 6) is -6.56. The molecule has 0 radical (unpaired) electrons. The van der Waals surface area contributed by atoms with Crippen LogP contribution in [0.1, 0.15) is 26.3 Å². The van der Waals surface area contributed by atoms with Gasteiger partial charge in [0.25, 0.3) is 0 Å². The van der Waals surface area contributed by atoms with Crippen molar-refractivity contribution < 1.29 is 26.7 Å². The predicted octanol–water partition coefficient (Wildman–Crippen LogP) is 4.97. The van der Waals surface area contributed by atoms with Gasteiger partial charge in [0.2, 0.25) is 0 Å². The number of nitrogens with zero attached hydrogens (tertiary/aromatic N) is 3. The molecule has 0 saturated carbocycles. The second-order valence-electron chi connectivity index (χ2n) is 8.51. The summed E-state index contributed by atoms with van der Waals surface area (Å²) in [7, 11) is 0. The number of hydrogen-bond donors (Lipinski definition) is 1. The first kappa shape index (κ1) is 22.9. The summed E-state index contributed by atoms with van der Waals surface area (Å²) in [6.45, 7) is 3.00. The van der Waals surface area contributed by atoms with Crippen molar-refractivity contribution in [3.63, 3.8) is 0 Å². The second-order valence-corrected chi connectivity index (χ2v) is 8.51. The van der Waals surface area contributed by atoms with Crippen molar-refractivity contribution in [1.82, 2.24) is 9.78 Å². The van der Waals surface area contributed by atoms with E-state index in [1.165, 1.54) is 41.3 Å². The van der Waals surface area contributed by atoms with Crippen molar-refractivity contribution in [3.8, 4) is 16.8 Å². The number of hydrogen-bond acceptors (Lipinski definition) is 4. The molecule has 0 bridgehead atoms. The summed E-state index contributed by atoms with van der Waals surface area (Å²) in [5.41, 5.74) is 1.23. The zero-order valence-corrected chi connectivity index (χ0v) is 18.0. The third-order valence-electron chi connectivity index (χ3n) is 5.88. The Bertz CT molecular complexity index is 1240. The third-order valence-corrected chi connectivity index (χ3v) is 5.88. The average Bonchev–Trinajstić information content (AvgIpc) is 3.20. The molecule has 1 aromatic heterocycles. The lowest BCUT2D eigenvalue weighted by atomic mass is 9.77. The Morgan fingerprint density at radius 2 is 1.67 bits per heavy atom. The van der Waals surface area contributed by atoms with Crippen molar-refractivity contribution in [2.24, 2.45) is 10.7 Å². The van der Waals surface area contributed by atoms with Crippen LogP contribution in [0.25, 0.3) is 16.8 Å². The number of amidine groups is 1. The van der Waals surface area contributed by atoms with E-state index in [9.17, 15) is 13.2 Å². The number of ether oxygens (including phenoxy) is 1. The molecular formula is C23H21F5N4O. The lowest BCUT2D eigenvalue weighted by molar-refractivity contribution is -0.214. The molecule has 2 heterocycles. The van der Waals surface area contributed by atoms with E-state index in [-0.39, 0.29) is 23.6 Å². The second kappa shape index (κ2) is 7.65.